The molecular formula is C25H26N2O4. The number of allylic oxidation sites excluding steroid dienone is 1. The van der Waals surface area contributed by atoms with Gasteiger partial charge in [-0.1, -0.05) is 18.2 Å². The van der Waals surface area contributed by atoms with Crippen LogP contribution in [0.5, 0.6) is 0 Å². The number of fused-ring (bicyclic) bond motifs is 2. The van der Waals surface area contributed by atoms with Crippen LogP contribution in [0.1, 0.15) is 61.5 Å². The van der Waals surface area contributed by atoms with Crippen LogP contribution in [0.2, 0.25) is 0 Å². The van der Waals surface area contributed by atoms with Crippen molar-refractivity contribution in [3.63, 3.8) is 0 Å². The molecule has 0 radical (unpaired) electrons. The van der Waals surface area contributed by atoms with Crippen LogP contribution in [0.3, 0.4) is 0 Å². The highest BCUT2D eigenvalue weighted by molar-refractivity contribution is 6.07. The fraction of sp³-hybridized carbons (Fsp3) is 0.320. The lowest BCUT2D eigenvalue weighted by molar-refractivity contribution is -0.130. The molecule has 4 rings (SSSR count). The van der Waals surface area contributed by atoms with E-state index in [0.29, 0.717) is 17.5 Å². The number of rotatable bonds is 4. The van der Waals surface area contributed by atoms with Crippen molar-refractivity contribution in [3.05, 3.63) is 65.2 Å². The van der Waals surface area contributed by atoms with E-state index in [2.05, 4.69) is 5.32 Å². The van der Waals surface area contributed by atoms with Gasteiger partial charge in [-0.05, 0) is 75.9 Å². The first kappa shape index (κ1) is 20.8. The highest BCUT2D eigenvalue weighted by atomic mass is 16.5. The Bertz CT molecular complexity index is 1170. The lowest BCUT2D eigenvalue weighted by atomic mass is 10.0. The summed E-state index contributed by atoms with van der Waals surface area (Å²) in [4.78, 5) is 30.5. The molecule has 0 saturated heterocycles. The van der Waals surface area contributed by atoms with Crippen molar-refractivity contribution in [2.75, 3.05) is 0 Å². The van der Waals surface area contributed by atoms with Crippen LogP contribution >= 0.6 is 0 Å². The lowest BCUT2D eigenvalue weighted by Gasteiger charge is -2.23. The molecule has 0 fully saturated rings. The standard InChI is InChI=1S/C25H26N2O4/c1-15(23(28)27-25(2,3)4)31-24(29)21-18-9-5-6-10-20(18)26-22-16(11-12-19(21)22)14-17-8-7-13-30-17/h5-10,13-15H,11-12H2,1-4H3,(H,27,28)/b16-14+. The number of hydrogen-bond donors (Lipinski definition) is 1. The number of amides is 1. The summed E-state index contributed by atoms with van der Waals surface area (Å²) in [6, 6.07) is 11.2. The molecule has 1 N–H and O–H groups in total. The minimum Gasteiger partial charge on any atom is -0.465 e. The van der Waals surface area contributed by atoms with Gasteiger partial charge in [-0.3, -0.25) is 4.79 Å². The molecule has 0 saturated carbocycles. The topological polar surface area (TPSA) is 81.4 Å². The van der Waals surface area contributed by atoms with Crippen molar-refractivity contribution in [1.82, 2.24) is 10.3 Å². The number of carbonyl (C=O) groups excluding carboxylic acids is 2. The summed E-state index contributed by atoms with van der Waals surface area (Å²) in [5, 5.41) is 3.58. The summed E-state index contributed by atoms with van der Waals surface area (Å²) in [5.41, 5.74) is 3.45. The van der Waals surface area contributed by atoms with Gasteiger partial charge in [0.2, 0.25) is 0 Å². The SMILES string of the molecule is CC(OC(=O)c1c2c(nc3ccccc13)/C(=C/c1ccco1)CC2)C(=O)NC(C)(C)C. The molecule has 3 aromatic rings. The number of furan rings is 1. The quantitative estimate of drug-likeness (QED) is 0.617. The number of para-hydroxylation sites is 1. The molecule has 1 aliphatic rings. The summed E-state index contributed by atoms with van der Waals surface area (Å²) < 4.78 is 11.1. The van der Waals surface area contributed by atoms with Crippen LogP contribution in [-0.4, -0.2) is 28.5 Å². The molecule has 2 heterocycles. The zero-order valence-corrected chi connectivity index (χ0v) is 18.2. The number of pyridine rings is 1. The molecule has 2 aromatic heterocycles. The van der Waals surface area contributed by atoms with Gasteiger partial charge < -0.3 is 14.5 Å². The smallest absolute Gasteiger partial charge is 0.339 e. The van der Waals surface area contributed by atoms with Gasteiger partial charge >= 0.3 is 5.97 Å². The first-order chi connectivity index (χ1) is 14.7. The van der Waals surface area contributed by atoms with E-state index >= 15 is 0 Å². The summed E-state index contributed by atoms with van der Waals surface area (Å²) in [7, 11) is 0. The summed E-state index contributed by atoms with van der Waals surface area (Å²) in [5.74, 6) is -0.0886. The average Bonchev–Trinajstić information content (AvgIpc) is 3.35. The van der Waals surface area contributed by atoms with E-state index in [1.54, 1.807) is 13.2 Å². The Morgan fingerprint density at radius 1 is 1.16 bits per heavy atom. The number of benzene rings is 1. The number of hydrogen-bond acceptors (Lipinski definition) is 5. The summed E-state index contributed by atoms with van der Waals surface area (Å²) >= 11 is 0. The predicted molar refractivity (Wildman–Crippen MR) is 119 cm³/mol. The third-order valence-corrected chi connectivity index (χ3v) is 5.16. The van der Waals surface area contributed by atoms with Crippen molar-refractivity contribution in [1.29, 1.82) is 0 Å². The highest BCUT2D eigenvalue weighted by Gasteiger charge is 2.30. The second-order valence-corrected chi connectivity index (χ2v) is 8.80. The Kier molecular flexibility index (Phi) is 5.39. The van der Waals surface area contributed by atoms with E-state index in [4.69, 9.17) is 14.1 Å². The number of nitrogens with one attached hydrogen (secondary N) is 1. The number of nitrogens with zero attached hydrogens (tertiary/aromatic N) is 1. The van der Waals surface area contributed by atoms with Crippen LogP contribution in [0, 0.1) is 0 Å². The van der Waals surface area contributed by atoms with E-state index in [1.807, 2.05) is 63.2 Å². The summed E-state index contributed by atoms with van der Waals surface area (Å²) in [6.45, 7) is 7.24. The molecule has 160 valence electrons. The molecule has 31 heavy (non-hydrogen) atoms. The van der Waals surface area contributed by atoms with Crippen molar-refractivity contribution in [3.8, 4) is 0 Å². The Labute approximate surface area is 181 Å². The summed E-state index contributed by atoms with van der Waals surface area (Å²) in [6.07, 6.45) is 4.10. The maximum Gasteiger partial charge on any atom is 0.339 e. The van der Waals surface area contributed by atoms with Crippen LogP contribution in [0.25, 0.3) is 22.6 Å². The van der Waals surface area contributed by atoms with Crippen molar-refractivity contribution >= 4 is 34.4 Å². The molecule has 6 nitrogen and oxygen atoms in total. The van der Waals surface area contributed by atoms with E-state index in [9.17, 15) is 9.59 Å². The van der Waals surface area contributed by atoms with Crippen molar-refractivity contribution < 1.29 is 18.7 Å². The van der Waals surface area contributed by atoms with Crippen molar-refractivity contribution in [2.45, 2.75) is 52.2 Å². The van der Waals surface area contributed by atoms with E-state index < -0.39 is 17.6 Å². The fourth-order valence-corrected chi connectivity index (χ4v) is 3.80. The fourth-order valence-electron chi connectivity index (χ4n) is 3.80. The highest BCUT2D eigenvalue weighted by Crippen LogP contribution is 2.38. The second-order valence-electron chi connectivity index (χ2n) is 8.80. The van der Waals surface area contributed by atoms with Gasteiger partial charge in [-0.2, -0.15) is 0 Å². The third kappa shape index (κ3) is 4.38. The molecule has 0 aliphatic heterocycles. The normalized spacial score (nSPS) is 15.7. The van der Waals surface area contributed by atoms with Crippen LogP contribution in [0.4, 0.5) is 0 Å². The van der Waals surface area contributed by atoms with E-state index in [0.717, 1.165) is 34.4 Å². The second kappa shape index (κ2) is 8.02. The largest absolute Gasteiger partial charge is 0.465 e. The van der Waals surface area contributed by atoms with Gasteiger partial charge in [0, 0.05) is 10.9 Å². The van der Waals surface area contributed by atoms with Crippen molar-refractivity contribution in [2.24, 2.45) is 0 Å². The zero-order chi connectivity index (χ0) is 22.2. The first-order valence-corrected chi connectivity index (χ1v) is 10.4. The molecule has 6 heteroatoms. The monoisotopic (exact) mass is 418 g/mol. The maximum atomic E-state index is 13.3. The number of ether oxygens (including phenoxy) is 1. The van der Waals surface area contributed by atoms with E-state index in [1.165, 1.54) is 0 Å². The zero-order valence-electron chi connectivity index (χ0n) is 18.2. The predicted octanol–water partition coefficient (Wildman–Crippen LogP) is 4.77. The molecule has 1 atom stereocenters. The molecule has 1 amide bonds. The van der Waals surface area contributed by atoms with Crippen LogP contribution in [-0.2, 0) is 16.0 Å². The molecule has 1 aliphatic carbocycles. The third-order valence-electron chi connectivity index (χ3n) is 5.16. The first-order valence-electron chi connectivity index (χ1n) is 10.4. The number of esters is 1. The lowest BCUT2D eigenvalue weighted by Crippen LogP contribution is -2.46. The Hall–Kier alpha value is -3.41. The van der Waals surface area contributed by atoms with Gasteiger partial charge in [-0.25, -0.2) is 9.78 Å². The van der Waals surface area contributed by atoms with Gasteiger partial charge in [-0.15, -0.1) is 0 Å². The van der Waals surface area contributed by atoms with Gasteiger partial charge in [0.25, 0.3) is 5.91 Å². The minimum atomic E-state index is -0.908. The van der Waals surface area contributed by atoms with Gasteiger partial charge in [0.1, 0.15) is 5.76 Å². The molecule has 0 bridgehead atoms. The molecule has 0 spiro atoms. The Morgan fingerprint density at radius 2 is 1.94 bits per heavy atom. The van der Waals surface area contributed by atoms with Crippen LogP contribution in [0.15, 0.2) is 47.1 Å². The van der Waals surface area contributed by atoms with E-state index in [-0.39, 0.29) is 5.91 Å². The number of aromatic nitrogens is 1. The van der Waals surface area contributed by atoms with Crippen LogP contribution < -0.4 is 5.32 Å². The molecular weight excluding hydrogens is 392 g/mol. The Balaban J connectivity index is 1.72. The van der Waals surface area contributed by atoms with Gasteiger partial charge in [0.05, 0.1) is 23.0 Å². The average molecular weight is 418 g/mol. The minimum absolute atomic E-state index is 0.325. The van der Waals surface area contributed by atoms with Gasteiger partial charge in [0.15, 0.2) is 6.10 Å². The molecule has 1 aromatic carbocycles. The maximum absolute atomic E-state index is 13.3. The number of carbonyl (C=O) groups is 2. The Morgan fingerprint density at radius 3 is 2.65 bits per heavy atom. The molecule has 1 unspecified atom stereocenters.